The summed E-state index contributed by atoms with van der Waals surface area (Å²) < 4.78 is 1.70. The molecule has 2 aromatic heterocycles. The number of pyridine rings is 2. The van der Waals surface area contributed by atoms with Gasteiger partial charge in [-0.15, -0.1) is 0 Å². The lowest BCUT2D eigenvalue weighted by Crippen LogP contribution is -2.20. The molecule has 26 heavy (non-hydrogen) atoms. The fraction of sp³-hybridized carbons (Fsp3) is 0.0435. The van der Waals surface area contributed by atoms with Crippen molar-refractivity contribution in [2.24, 2.45) is 0 Å². The third kappa shape index (κ3) is 2.95. The van der Waals surface area contributed by atoms with E-state index in [9.17, 15) is 4.79 Å². The van der Waals surface area contributed by atoms with Crippen molar-refractivity contribution in [3.8, 4) is 28.1 Å². The van der Waals surface area contributed by atoms with Crippen LogP contribution in [0.3, 0.4) is 0 Å². The molecule has 0 aliphatic rings. The van der Waals surface area contributed by atoms with Gasteiger partial charge in [0, 0.05) is 29.2 Å². The van der Waals surface area contributed by atoms with Gasteiger partial charge in [0.25, 0.3) is 5.56 Å². The summed E-state index contributed by atoms with van der Waals surface area (Å²) in [4.78, 5) is 17.7. The van der Waals surface area contributed by atoms with Crippen LogP contribution in [0.2, 0.25) is 0 Å². The van der Waals surface area contributed by atoms with Crippen LogP contribution in [0, 0.1) is 6.92 Å². The highest BCUT2D eigenvalue weighted by Gasteiger charge is 2.13. The Labute approximate surface area is 152 Å². The van der Waals surface area contributed by atoms with Crippen LogP contribution in [0.4, 0.5) is 0 Å². The van der Waals surface area contributed by atoms with Gasteiger partial charge in [-0.3, -0.25) is 14.3 Å². The zero-order valence-electron chi connectivity index (χ0n) is 14.5. The number of hydrogen-bond acceptors (Lipinski definition) is 2. The predicted octanol–water partition coefficient (Wildman–Crippen LogP) is 4.87. The lowest BCUT2D eigenvalue weighted by molar-refractivity contribution is 0.993. The van der Waals surface area contributed by atoms with Crippen LogP contribution in [-0.2, 0) is 0 Å². The Morgan fingerprint density at radius 2 is 1.54 bits per heavy atom. The first-order valence-electron chi connectivity index (χ1n) is 8.53. The third-order valence-electron chi connectivity index (χ3n) is 4.45. The van der Waals surface area contributed by atoms with Crippen LogP contribution in [-0.4, -0.2) is 9.55 Å². The van der Waals surface area contributed by atoms with Crippen molar-refractivity contribution in [1.29, 1.82) is 0 Å². The van der Waals surface area contributed by atoms with Gasteiger partial charge in [0.1, 0.15) is 0 Å². The highest BCUT2D eigenvalue weighted by molar-refractivity contribution is 5.72. The second-order valence-corrected chi connectivity index (χ2v) is 6.18. The molecule has 0 bridgehead atoms. The molecule has 4 rings (SSSR count). The van der Waals surface area contributed by atoms with Crippen LogP contribution in [0.1, 0.15) is 5.56 Å². The van der Waals surface area contributed by atoms with E-state index in [-0.39, 0.29) is 5.56 Å². The minimum atomic E-state index is -0.0369. The fourth-order valence-electron chi connectivity index (χ4n) is 3.10. The van der Waals surface area contributed by atoms with E-state index in [2.05, 4.69) is 4.98 Å². The highest BCUT2D eigenvalue weighted by Crippen LogP contribution is 2.25. The molecule has 0 N–H and O–H groups in total. The quantitative estimate of drug-likeness (QED) is 0.534. The molecule has 0 saturated carbocycles. The summed E-state index contributed by atoms with van der Waals surface area (Å²) in [6.07, 6.45) is 3.63. The fourth-order valence-corrected chi connectivity index (χ4v) is 3.10. The SMILES string of the molecule is Cc1ccccc1-c1cc(-c2ccccn2)cn(-c2ccccc2)c1=O. The summed E-state index contributed by atoms with van der Waals surface area (Å²) in [6, 6.07) is 25.4. The molecule has 0 radical (unpaired) electrons. The summed E-state index contributed by atoms with van der Waals surface area (Å²) >= 11 is 0. The largest absolute Gasteiger partial charge is 0.283 e. The van der Waals surface area contributed by atoms with Crippen molar-refractivity contribution in [3.63, 3.8) is 0 Å². The molecule has 4 aromatic rings. The van der Waals surface area contributed by atoms with E-state index in [4.69, 9.17) is 0 Å². The number of rotatable bonds is 3. The standard InChI is InChI=1S/C23H18N2O/c1-17-9-5-6-12-20(17)21-15-18(22-13-7-8-14-24-22)16-25(23(21)26)19-10-3-2-4-11-19/h2-16H,1H3. The number of benzene rings is 2. The first-order valence-corrected chi connectivity index (χ1v) is 8.53. The van der Waals surface area contributed by atoms with E-state index < -0.39 is 0 Å². The monoisotopic (exact) mass is 338 g/mol. The molecule has 0 saturated heterocycles. The zero-order valence-corrected chi connectivity index (χ0v) is 14.5. The highest BCUT2D eigenvalue weighted by atomic mass is 16.1. The van der Waals surface area contributed by atoms with Gasteiger partial charge in [-0.25, -0.2) is 0 Å². The maximum atomic E-state index is 13.2. The third-order valence-corrected chi connectivity index (χ3v) is 4.45. The molecule has 0 fully saturated rings. The second kappa shape index (κ2) is 6.81. The van der Waals surface area contributed by atoms with Crippen molar-refractivity contribution in [2.45, 2.75) is 6.92 Å². The molecule has 0 aliphatic carbocycles. The summed E-state index contributed by atoms with van der Waals surface area (Å²) in [7, 11) is 0. The first kappa shape index (κ1) is 16.0. The number of aromatic nitrogens is 2. The molecule has 0 atom stereocenters. The number of aryl methyl sites for hydroxylation is 1. The van der Waals surface area contributed by atoms with E-state index in [0.29, 0.717) is 5.56 Å². The molecule has 3 nitrogen and oxygen atoms in total. The van der Waals surface area contributed by atoms with E-state index in [1.165, 1.54) is 0 Å². The normalized spacial score (nSPS) is 10.7. The van der Waals surface area contributed by atoms with Crippen molar-refractivity contribution in [2.75, 3.05) is 0 Å². The van der Waals surface area contributed by atoms with Crippen molar-refractivity contribution >= 4 is 0 Å². The van der Waals surface area contributed by atoms with Gasteiger partial charge < -0.3 is 0 Å². The number of para-hydroxylation sites is 1. The Hall–Kier alpha value is -3.46. The van der Waals surface area contributed by atoms with Crippen LogP contribution in [0.15, 0.2) is 96.1 Å². The maximum absolute atomic E-state index is 13.2. The van der Waals surface area contributed by atoms with E-state index >= 15 is 0 Å². The molecule has 3 heteroatoms. The average Bonchev–Trinajstić information content (AvgIpc) is 2.70. The molecule has 2 aromatic carbocycles. The van der Waals surface area contributed by atoms with Crippen molar-refractivity contribution in [1.82, 2.24) is 9.55 Å². The van der Waals surface area contributed by atoms with Crippen LogP contribution < -0.4 is 5.56 Å². The molecule has 0 spiro atoms. The number of hydrogen-bond donors (Lipinski definition) is 0. The van der Waals surface area contributed by atoms with Crippen LogP contribution in [0.5, 0.6) is 0 Å². The van der Waals surface area contributed by atoms with Gasteiger partial charge in [0.2, 0.25) is 0 Å². The molecule has 0 amide bonds. The Morgan fingerprint density at radius 3 is 2.27 bits per heavy atom. The molecule has 0 unspecified atom stereocenters. The zero-order chi connectivity index (χ0) is 17.9. The Morgan fingerprint density at radius 1 is 0.808 bits per heavy atom. The van der Waals surface area contributed by atoms with Gasteiger partial charge in [0.05, 0.1) is 5.69 Å². The van der Waals surface area contributed by atoms with Gasteiger partial charge in [-0.1, -0.05) is 48.5 Å². The lowest BCUT2D eigenvalue weighted by Gasteiger charge is -2.13. The Kier molecular flexibility index (Phi) is 4.20. The van der Waals surface area contributed by atoms with Gasteiger partial charge in [-0.2, -0.15) is 0 Å². The van der Waals surface area contributed by atoms with Crippen LogP contribution in [0.25, 0.3) is 28.1 Å². The predicted molar refractivity (Wildman–Crippen MR) is 105 cm³/mol. The average molecular weight is 338 g/mol. The summed E-state index contributed by atoms with van der Waals surface area (Å²) in [5, 5.41) is 0. The lowest BCUT2D eigenvalue weighted by atomic mass is 9.99. The second-order valence-electron chi connectivity index (χ2n) is 6.18. The molecule has 126 valence electrons. The minimum Gasteiger partial charge on any atom is -0.283 e. The van der Waals surface area contributed by atoms with Crippen molar-refractivity contribution < 1.29 is 0 Å². The molecule has 0 aliphatic heterocycles. The Balaban J connectivity index is 2.03. The summed E-state index contributed by atoms with van der Waals surface area (Å²) in [6.45, 7) is 2.02. The number of nitrogens with zero attached hydrogens (tertiary/aromatic N) is 2. The van der Waals surface area contributed by atoms with Gasteiger partial charge >= 0.3 is 0 Å². The maximum Gasteiger partial charge on any atom is 0.263 e. The smallest absolute Gasteiger partial charge is 0.263 e. The van der Waals surface area contributed by atoms with E-state index in [0.717, 1.165) is 28.1 Å². The minimum absolute atomic E-state index is 0.0369. The molecule has 2 heterocycles. The van der Waals surface area contributed by atoms with E-state index in [1.807, 2.05) is 92.0 Å². The topological polar surface area (TPSA) is 34.9 Å². The molecular weight excluding hydrogens is 320 g/mol. The molecular formula is C23H18N2O. The van der Waals surface area contributed by atoms with E-state index in [1.54, 1.807) is 10.8 Å². The Bertz CT molecular complexity index is 1100. The van der Waals surface area contributed by atoms with Crippen molar-refractivity contribution in [3.05, 3.63) is 107 Å². The summed E-state index contributed by atoms with van der Waals surface area (Å²) in [5.41, 5.74) is 5.24. The first-order chi connectivity index (χ1) is 12.7. The summed E-state index contributed by atoms with van der Waals surface area (Å²) in [5.74, 6) is 0. The van der Waals surface area contributed by atoms with Gasteiger partial charge in [0.15, 0.2) is 0 Å². The van der Waals surface area contributed by atoms with Crippen LogP contribution >= 0.6 is 0 Å². The van der Waals surface area contributed by atoms with Gasteiger partial charge in [-0.05, 0) is 48.4 Å².